The molecule has 1 aliphatic rings. The van der Waals surface area contributed by atoms with Crippen LogP contribution in [0.2, 0.25) is 0 Å². The number of amides is 1. The first-order valence-electron chi connectivity index (χ1n) is 10.9. The third-order valence-electron chi connectivity index (χ3n) is 6.07. The molecule has 0 saturated heterocycles. The molecule has 1 heterocycles. The van der Waals surface area contributed by atoms with Crippen molar-refractivity contribution in [3.05, 3.63) is 66.4 Å². The summed E-state index contributed by atoms with van der Waals surface area (Å²) < 4.78 is 11.6. The van der Waals surface area contributed by atoms with Crippen molar-refractivity contribution in [3.63, 3.8) is 0 Å². The van der Waals surface area contributed by atoms with Gasteiger partial charge in [0, 0.05) is 41.6 Å². The smallest absolute Gasteiger partial charge is 0.251 e. The number of nitrogens with one attached hydrogen (secondary N) is 2. The number of hydrogen-bond acceptors (Lipinski definition) is 6. The molecule has 0 bridgehead atoms. The summed E-state index contributed by atoms with van der Waals surface area (Å²) >= 11 is 0. The SMILES string of the molecule is CNC(=O)c1cccc2cc(Nc3ccnc4cc(OCC5(N)CC5)c(OC)cc34)ccc12. The van der Waals surface area contributed by atoms with Crippen LogP contribution in [-0.4, -0.2) is 37.2 Å². The van der Waals surface area contributed by atoms with Crippen LogP contribution in [0, 0.1) is 0 Å². The zero-order valence-corrected chi connectivity index (χ0v) is 18.6. The first-order valence-corrected chi connectivity index (χ1v) is 10.9. The molecule has 1 aliphatic carbocycles. The van der Waals surface area contributed by atoms with Crippen LogP contribution < -0.4 is 25.8 Å². The van der Waals surface area contributed by atoms with Crippen molar-refractivity contribution in [3.8, 4) is 11.5 Å². The van der Waals surface area contributed by atoms with E-state index in [4.69, 9.17) is 15.2 Å². The van der Waals surface area contributed by atoms with E-state index in [0.717, 1.165) is 45.9 Å². The highest BCUT2D eigenvalue weighted by atomic mass is 16.5. The lowest BCUT2D eigenvalue weighted by Crippen LogP contribution is -2.29. The van der Waals surface area contributed by atoms with Crippen molar-refractivity contribution >= 4 is 39.0 Å². The topological polar surface area (TPSA) is 98.5 Å². The maximum Gasteiger partial charge on any atom is 0.251 e. The summed E-state index contributed by atoms with van der Waals surface area (Å²) in [5, 5.41) is 8.96. The van der Waals surface area contributed by atoms with Crippen molar-refractivity contribution in [2.75, 3.05) is 26.1 Å². The van der Waals surface area contributed by atoms with E-state index in [9.17, 15) is 4.79 Å². The fourth-order valence-electron chi connectivity index (χ4n) is 3.91. The van der Waals surface area contributed by atoms with E-state index in [1.807, 2.05) is 54.6 Å². The maximum atomic E-state index is 12.2. The van der Waals surface area contributed by atoms with Crippen LogP contribution in [0.15, 0.2) is 60.8 Å². The second kappa shape index (κ2) is 8.26. The molecule has 1 fully saturated rings. The van der Waals surface area contributed by atoms with Crippen LogP contribution >= 0.6 is 0 Å². The van der Waals surface area contributed by atoms with Crippen molar-refractivity contribution in [1.82, 2.24) is 10.3 Å². The van der Waals surface area contributed by atoms with Crippen molar-refractivity contribution in [2.45, 2.75) is 18.4 Å². The number of aromatic nitrogens is 1. The van der Waals surface area contributed by atoms with Gasteiger partial charge in [0.25, 0.3) is 5.91 Å². The predicted molar refractivity (Wildman–Crippen MR) is 131 cm³/mol. The van der Waals surface area contributed by atoms with Crippen LogP contribution in [0.3, 0.4) is 0 Å². The largest absolute Gasteiger partial charge is 0.493 e. The number of carbonyl (C=O) groups excluding carboxylic acids is 1. The summed E-state index contributed by atoms with van der Waals surface area (Å²) in [6, 6.07) is 17.4. The fourth-order valence-corrected chi connectivity index (χ4v) is 3.91. The van der Waals surface area contributed by atoms with Gasteiger partial charge in [0.05, 0.1) is 18.2 Å². The van der Waals surface area contributed by atoms with Gasteiger partial charge in [0.2, 0.25) is 0 Å². The Balaban J connectivity index is 1.48. The maximum absolute atomic E-state index is 12.2. The van der Waals surface area contributed by atoms with E-state index < -0.39 is 0 Å². The number of benzene rings is 3. The molecular formula is C26H26N4O3. The van der Waals surface area contributed by atoms with Gasteiger partial charge in [0.15, 0.2) is 11.5 Å². The Labute approximate surface area is 191 Å². The van der Waals surface area contributed by atoms with E-state index in [1.165, 1.54) is 0 Å². The van der Waals surface area contributed by atoms with Gasteiger partial charge >= 0.3 is 0 Å². The van der Waals surface area contributed by atoms with Gasteiger partial charge in [-0.05, 0) is 53.9 Å². The molecule has 0 unspecified atom stereocenters. The zero-order chi connectivity index (χ0) is 23.0. The van der Waals surface area contributed by atoms with E-state index >= 15 is 0 Å². The highest BCUT2D eigenvalue weighted by Crippen LogP contribution is 2.38. The lowest BCUT2D eigenvalue weighted by molar-refractivity contribution is 0.0964. The Bertz CT molecular complexity index is 1360. The molecule has 0 spiro atoms. The van der Waals surface area contributed by atoms with Gasteiger partial charge in [-0.3, -0.25) is 9.78 Å². The third-order valence-corrected chi connectivity index (χ3v) is 6.07. The van der Waals surface area contributed by atoms with Gasteiger partial charge in [0.1, 0.15) is 6.61 Å². The number of methoxy groups -OCH3 is 1. The molecule has 4 N–H and O–H groups in total. The van der Waals surface area contributed by atoms with E-state index in [1.54, 1.807) is 20.4 Å². The molecule has 7 heteroatoms. The van der Waals surface area contributed by atoms with Gasteiger partial charge in [-0.15, -0.1) is 0 Å². The number of hydrogen-bond donors (Lipinski definition) is 3. The number of rotatable bonds is 7. The molecule has 0 aliphatic heterocycles. The number of fused-ring (bicyclic) bond motifs is 2. The van der Waals surface area contributed by atoms with Crippen LogP contribution in [0.4, 0.5) is 11.4 Å². The first kappa shape index (κ1) is 21.0. The average Bonchev–Trinajstić information content (AvgIpc) is 3.58. The standard InChI is InChI=1S/C26H26N4O3/c1-28-25(31)19-5-3-4-16-12-17(6-7-18(16)19)30-21-8-11-29-22-14-24(23(32-2)13-20(21)22)33-15-26(27)9-10-26/h3-8,11-14H,9-10,15,27H2,1-2H3,(H,28,31)(H,29,30). The number of anilines is 2. The average molecular weight is 443 g/mol. The minimum absolute atomic E-state index is 0.103. The quantitative estimate of drug-likeness (QED) is 0.393. The summed E-state index contributed by atoms with van der Waals surface area (Å²) in [6.07, 6.45) is 3.72. The molecule has 1 saturated carbocycles. The number of nitrogens with two attached hydrogens (primary N) is 1. The number of carbonyl (C=O) groups is 1. The van der Waals surface area contributed by atoms with Crippen LogP contribution in [0.5, 0.6) is 11.5 Å². The Kier molecular flexibility index (Phi) is 5.26. The second-order valence-corrected chi connectivity index (χ2v) is 8.48. The number of pyridine rings is 1. The molecule has 1 aromatic heterocycles. The van der Waals surface area contributed by atoms with E-state index in [-0.39, 0.29) is 11.4 Å². The highest BCUT2D eigenvalue weighted by molar-refractivity contribution is 6.07. The van der Waals surface area contributed by atoms with Gasteiger partial charge < -0.3 is 25.8 Å². The first-order chi connectivity index (χ1) is 16.0. The molecule has 168 valence electrons. The van der Waals surface area contributed by atoms with E-state index in [0.29, 0.717) is 23.7 Å². The van der Waals surface area contributed by atoms with Crippen molar-refractivity contribution in [1.29, 1.82) is 0 Å². The summed E-state index contributed by atoms with van der Waals surface area (Å²) in [6.45, 7) is 0.460. The molecule has 33 heavy (non-hydrogen) atoms. The third kappa shape index (κ3) is 4.15. The second-order valence-electron chi connectivity index (χ2n) is 8.48. The van der Waals surface area contributed by atoms with Crippen LogP contribution in [0.25, 0.3) is 21.7 Å². The Hall–Kier alpha value is -3.84. The monoisotopic (exact) mass is 442 g/mol. The fraction of sp³-hybridized carbons (Fsp3) is 0.231. The van der Waals surface area contributed by atoms with E-state index in [2.05, 4.69) is 15.6 Å². The zero-order valence-electron chi connectivity index (χ0n) is 18.6. The minimum Gasteiger partial charge on any atom is -0.493 e. The minimum atomic E-state index is -0.218. The molecule has 7 nitrogen and oxygen atoms in total. The molecule has 3 aromatic carbocycles. The lowest BCUT2D eigenvalue weighted by atomic mass is 10.0. The molecule has 4 aromatic rings. The summed E-state index contributed by atoms with van der Waals surface area (Å²) in [7, 11) is 3.26. The van der Waals surface area contributed by atoms with Crippen molar-refractivity contribution < 1.29 is 14.3 Å². The summed E-state index contributed by atoms with van der Waals surface area (Å²) in [5.41, 5.74) is 9.19. The van der Waals surface area contributed by atoms with Crippen LogP contribution in [0.1, 0.15) is 23.2 Å². The molecule has 1 amide bonds. The molecule has 0 atom stereocenters. The Morgan fingerprint density at radius 1 is 1.09 bits per heavy atom. The summed E-state index contributed by atoms with van der Waals surface area (Å²) in [4.78, 5) is 16.7. The highest BCUT2D eigenvalue weighted by Gasteiger charge is 2.39. The van der Waals surface area contributed by atoms with Gasteiger partial charge in [-0.1, -0.05) is 18.2 Å². The van der Waals surface area contributed by atoms with Crippen LogP contribution in [-0.2, 0) is 0 Å². The molecule has 5 rings (SSSR count). The van der Waals surface area contributed by atoms with Gasteiger partial charge in [-0.25, -0.2) is 0 Å². The van der Waals surface area contributed by atoms with Crippen molar-refractivity contribution in [2.24, 2.45) is 5.73 Å². The number of ether oxygens (including phenoxy) is 2. The summed E-state index contributed by atoms with van der Waals surface area (Å²) in [5.74, 6) is 1.17. The lowest BCUT2D eigenvalue weighted by Gasteiger charge is -2.16. The Morgan fingerprint density at radius 2 is 1.94 bits per heavy atom. The normalized spacial score (nSPS) is 14.2. The predicted octanol–water partition coefficient (Wildman–Crippen LogP) is 4.37. The number of nitrogens with zero attached hydrogens (tertiary/aromatic N) is 1. The molecule has 0 radical (unpaired) electrons. The van der Waals surface area contributed by atoms with Gasteiger partial charge in [-0.2, -0.15) is 0 Å². The Morgan fingerprint density at radius 3 is 2.70 bits per heavy atom. The molecular weight excluding hydrogens is 416 g/mol.